The van der Waals surface area contributed by atoms with Crippen LogP contribution < -0.4 is 5.73 Å². The van der Waals surface area contributed by atoms with E-state index in [4.69, 9.17) is 10.5 Å². The van der Waals surface area contributed by atoms with E-state index >= 15 is 0 Å². The highest BCUT2D eigenvalue weighted by Gasteiger charge is 2.28. The molecule has 0 fully saturated rings. The predicted octanol–water partition coefficient (Wildman–Crippen LogP) is 2.58. The minimum absolute atomic E-state index is 0.127. The van der Waals surface area contributed by atoms with Crippen molar-refractivity contribution >= 4 is 17.7 Å². The molecule has 0 spiro atoms. The Balaban J connectivity index is 1.83. The largest absolute Gasteiger partial charge is 0.465 e. The molecule has 2 N–H and O–H groups in total. The van der Waals surface area contributed by atoms with Gasteiger partial charge in [0, 0.05) is 48.6 Å². The van der Waals surface area contributed by atoms with Crippen molar-refractivity contribution in [3.63, 3.8) is 0 Å². The van der Waals surface area contributed by atoms with E-state index in [9.17, 15) is 14.9 Å². The van der Waals surface area contributed by atoms with Crippen LogP contribution in [0.4, 0.5) is 5.82 Å². The molecule has 0 atom stereocenters. The minimum Gasteiger partial charge on any atom is -0.465 e. The van der Waals surface area contributed by atoms with E-state index in [1.807, 2.05) is 0 Å². The first kappa shape index (κ1) is 20.0. The normalized spacial score (nSPS) is 12.6. The van der Waals surface area contributed by atoms with E-state index in [1.54, 1.807) is 53.7 Å². The van der Waals surface area contributed by atoms with Gasteiger partial charge in [0.15, 0.2) is 0 Å². The lowest BCUT2D eigenvalue weighted by atomic mass is 9.90. The van der Waals surface area contributed by atoms with Gasteiger partial charge in [-0.05, 0) is 29.8 Å². The fraction of sp³-hybridized carbons (Fsp3) is 0.174. The van der Waals surface area contributed by atoms with E-state index in [0.717, 1.165) is 11.3 Å². The molecule has 0 unspecified atom stereocenters. The van der Waals surface area contributed by atoms with E-state index in [-0.39, 0.29) is 23.8 Å². The monoisotopic (exact) mass is 413 g/mol. The van der Waals surface area contributed by atoms with Crippen molar-refractivity contribution in [2.75, 3.05) is 19.4 Å². The van der Waals surface area contributed by atoms with Crippen LogP contribution in [-0.4, -0.2) is 40.4 Å². The Morgan fingerprint density at radius 3 is 2.68 bits per heavy atom. The van der Waals surface area contributed by atoms with Crippen LogP contribution in [0.2, 0.25) is 0 Å². The zero-order valence-electron chi connectivity index (χ0n) is 16.8. The second-order valence-electron chi connectivity index (χ2n) is 7.07. The van der Waals surface area contributed by atoms with Crippen molar-refractivity contribution in [3.05, 3.63) is 76.7 Å². The first-order valence-electron chi connectivity index (χ1n) is 9.63. The van der Waals surface area contributed by atoms with Crippen molar-refractivity contribution in [3.8, 4) is 17.2 Å². The summed E-state index contributed by atoms with van der Waals surface area (Å²) >= 11 is 0. The van der Waals surface area contributed by atoms with Gasteiger partial charge in [-0.15, -0.1) is 0 Å². The number of nitriles is 1. The molecule has 31 heavy (non-hydrogen) atoms. The number of amides is 1. The molecule has 1 aliphatic rings. The Bertz CT molecular complexity index is 1220. The molecule has 4 rings (SSSR count). The quantitative estimate of drug-likeness (QED) is 0.655. The number of pyridine rings is 2. The molecule has 0 bridgehead atoms. The second kappa shape index (κ2) is 8.24. The third kappa shape index (κ3) is 3.69. The van der Waals surface area contributed by atoms with Crippen molar-refractivity contribution in [1.82, 2.24) is 14.9 Å². The van der Waals surface area contributed by atoms with E-state index in [0.29, 0.717) is 35.2 Å². The van der Waals surface area contributed by atoms with Gasteiger partial charge in [0.05, 0.1) is 18.4 Å². The maximum Gasteiger partial charge on any atom is 0.337 e. The number of nitrogens with two attached hydrogens (primary N) is 1. The topological polar surface area (TPSA) is 122 Å². The lowest BCUT2D eigenvalue weighted by molar-refractivity contribution is 0.0600. The molecule has 0 saturated heterocycles. The average Bonchev–Trinajstić information content (AvgIpc) is 2.82. The fourth-order valence-corrected chi connectivity index (χ4v) is 3.78. The number of hydrogen-bond acceptors (Lipinski definition) is 7. The number of carbonyl (C=O) groups excluding carboxylic acids is 2. The highest BCUT2D eigenvalue weighted by atomic mass is 16.5. The average molecular weight is 413 g/mol. The molecular weight excluding hydrogens is 394 g/mol. The van der Waals surface area contributed by atoms with Gasteiger partial charge in [-0.1, -0.05) is 12.1 Å². The molecule has 0 radical (unpaired) electrons. The minimum atomic E-state index is -0.481. The van der Waals surface area contributed by atoms with Gasteiger partial charge in [0.25, 0.3) is 5.91 Å². The smallest absolute Gasteiger partial charge is 0.337 e. The third-order valence-corrected chi connectivity index (χ3v) is 5.28. The van der Waals surface area contributed by atoms with Crippen molar-refractivity contribution < 1.29 is 14.3 Å². The van der Waals surface area contributed by atoms with Crippen molar-refractivity contribution in [2.24, 2.45) is 0 Å². The molecule has 1 aliphatic heterocycles. The summed E-state index contributed by atoms with van der Waals surface area (Å²) in [5.41, 5.74) is 9.93. The number of carbonyl (C=O) groups is 2. The number of anilines is 1. The molecule has 1 aromatic carbocycles. The first-order valence-corrected chi connectivity index (χ1v) is 9.63. The molecule has 3 heterocycles. The standard InChI is InChI=1S/C23H19N5O3/c1-31-23(30)16-4-2-3-15(11-16)20-17(12-24)21(25)27-19-7-10-28(13-18(19)20)22(29)14-5-8-26-9-6-14/h2-6,8-9,11H,7,10,13H2,1H3,(H2,25,27). The number of esters is 1. The van der Waals surface area contributed by atoms with Crippen LogP contribution in [0.5, 0.6) is 0 Å². The van der Waals surface area contributed by atoms with Crippen LogP contribution in [0, 0.1) is 11.3 Å². The Morgan fingerprint density at radius 1 is 1.19 bits per heavy atom. The number of ether oxygens (including phenoxy) is 1. The molecule has 8 heteroatoms. The second-order valence-corrected chi connectivity index (χ2v) is 7.07. The molecular formula is C23H19N5O3. The Hall–Kier alpha value is -4.25. The van der Waals surface area contributed by atoms with Crippen LogP contribution >= 0.6 is 0 Å². The molecule has 3 aromatic rings. The van der Waals surface area contributed by atoms with Crippen LogP contribution in [0.25, 0.3) is 11.1 Å². The predicted molar refractivity (Wildman–Crippen MR) is 113 cm³/mol. The number of nitrogens with zero attached hydrogens (tertiary/aromatic N) is 4. The lowest BCUT2D eigenvalue weighted by Crippen LogP contribution is -2.37. The molecule has 1 amide bonds. The van der Waals surface area contributed by atoms with Gasteiger partial charge >= 0.3 is 5.97 Å². The Morgan fingerprint density at radius 2 is 1.97 bits per heavy atom. The Labute approximate surface area is 178 Å². The Kier molecular flexibility index (Phi) is 5.33. The molecule has 0 saturated carbocycles. The zero-order valence-corrected chi connectivity index (χ0v) is 16.8. The molecule has 154 valence electrons. The highest BCUT2D eigenvalue weighted by molar-refractivity contribution is 5.95. The maximum atomic E-state index is 13.0. The lowest BCUT2D eigenvalue weighted by Gasteiger charge is -2.30. The zero-order chi connectivity index (χ0) is 22.0. The van der Waals surface area contributed by atoms with Gasteiger partial charge < -0.3 is 15.4 Å². The molecule has 2 aromatic heterocycles. The van der Waals surface area contributed by atoms with Crippen LogP contribution in [-0.2, 0) is 17.7 Å². The summed E-state index contributed by atoms with van der Waals surface area (Å²) in [4.78, 5) is 35.1. The summed E-state index contributed by atoms with van der Waals surface area (Å²) in [6.07, 6.45) is 3.65. The van der Waals surface area contributed by atoms with E-state index in [2.05, 4.69) is 16.0 Å². The van der Waals surface area contributed by atoms with Gasteiger partial charge in [-0.3, -0.25) is 9.78 Å². The number of nitrogen functional groups attached to an aromatic ring is 1. The number of aromatic nitrogens is 2. The van der Waals surface area contributed by atoms with Crippen molar-refractivity contribution in [2.45, 2.75) is 13.0 Å². The van der Waals surface area contributed by atoms with Gasteiger partial charge in [-0.2, -0.15) is 5.26 Å². The third-order valence-electron chi connectivity index (χ3n) is 5.28. The summed E-state index contributed by atoms with van der Waals surface area (Å²) in [6.45, 7) is 0.754. The summed E-state index contributed by atoms with van der Waals surface area (Å²) in [5, 5.41) is 9.79. The number of rotatable bonds is 3. The molecule has 8 nitrogen and oxygen atoms in total. The van der Waals surface area contributed by atoms with Gasteiger partial charge in [0.1, 0.15) is 17.5 Å². The fourth-order valence-electron chi connectivity index (χ4n) is 3.78. The summed E-state index contributed by atoms with van der Waals surface area (Å²) in [5.74, 6) is -0.475. The van der Waals surface area contributed by atoms with Crippen LogP contribution in [0.1, 0.15) is 37.5 Å². The SMILES string of the molecule is COC(=O)c1cccc(-c2c(C#N)c(N)nc3c2CN(C(=O)c2ccncc2)CC3)c1. The summed E-state index contributed by atoms with van der Waals surface area (Å²) < 4.78 is 4.82. The first-order chi connectivity index (χ1) is 15.0. The highest BCUT2D eigenvalue weighted by Crippen LogP contribution is 2.35. The number of methoxy groups -OCH3 is 1. The van der Waals surface area contributed by atoms with Gasteiger partial charge in [-0.25, -0.2) is 9.78 Å². The maximum absolute atomic E-state index is 13.0. The number of benzene rings is 1. The van der Waals surface area contributed by atoms with E-state index < -0.39 is 5.97 Å². The molecule has 0 aliphatic carbocycles. The number of hydrogen-bond donors (Lipinski definition) is 1. The van der Waals surface area contributed by atoms with Crippen LogP contribution in [0.15, 0.2) is 48.8 Å². The summed E-state index contributed by atoms with van der Waals surface area (Å²) in [6, 6.07) is 12.3. The van der Waals surface area contributed by atoms with E-state index in [1.165, 1.54) is 7.11 Å². The number of fused-ring (bicyclic) bond motifs is 1. The van der Waals surface area contributed by atoms with Gasteiger partial charge in [0.2, 0.25) is 0 Å². The van der Waals surface area contributed by atoms with Crippen LogP contribution in [0.3, 0.4) is 0 Å². The summed E-state index contributed by atoms with van der Waals surface area (Å²) in [7, 11) is 1.31. The van der Waals surface area contributed by atoms with Crippen molar-refractivity contribution in [1.29, 1.82) is 5.26 Å².